The molecule has 0 aromatic carbocycles. The van der Waals surface area contributed by atoms with Crippen molar-refractivity contribution in [3.05, 3.63) is 23.9 Å². The van der Waals surface area contributed by atoms with E-state index in [4.69, 9.17) is 5.73 Å². The first kappa shape index (κ1) is 23.8. The number of carbonyl (C=O) groups is 1. The summed E-state index contributed by atoms with van der Waals surface area (Å²) in [5.74, 6) is -0.120. The van der Waals surface area contributed by atoms with Crippen LogP contribution in [0.25, 0.3) is 0 Å². The monoisotopic (exact) mass is 403 g/mol. The zero-order valence-corrected chi connectivity index (χ0v) is 15.1. The molecule has 1 aliphatic rings. The number of alkyl halides is 3. The molecule has 2 atom stereocenters. The third-order valence-electron chi connectivity index (χ3n) is 3.86. The SMILES string of the molecule is Cl.Cl.N[C@@H]1CCC[C@H]1CC(=O)NCc1cccnc1OCC(F)(F)F. The summed E-state index contributed by atoms with van der Waals surface area (Å²) >= 11 is 0. The van der Waals surface area contributed by atoms with Crippen molar-refractivity contribution >= 4 is 30.7 Å². The van der Waals surface area contributed by atoms with Crippen LogP contribution >= 0.6 is 24.8 Å². The highest BCUT2D eigenvalue weighted by Gasteiger charge is 2.29. The molecule has 1 aliphatic carbocycles. The number of hydrogen-bond acceptors (Lipinski definition) is 4. The number of hydrogen-bond donors (Lipinski definition) is 2. The van der Waals surface area contributed by atoms with Crippen LogP contribution < -0.4 is 15.8 Å². The van der Waals surface area contributed by atoms with Crippen molar-refractivity contribution in [1.29, 1.82) is 0 Å². The summed E-state index contributed by atoms with van der Waals surface area (Å²) in [4.78, 5) is 15.7. The average Bonchev–Trinajstić information content (AvgIpc) is 2.88. The van der Waals surface area contributed by atoms with E-state index in [-0.39, 0.29) is 55.1 Å². The molecule has 10 heteroatoms. The Morgan fingerprint density at radius 2 is 2.08 bits per heavy atom. The van der Waals surface area contributed by atoms with Crippen molar-refractivity contribution in [2.24, 2.45) is 11.7 Å². The maximum atomic E-state index is 12.2. The summed E-state index contributed by atoms with van der Waals surface area (Å²) in [6, 6.07) is 3.19. The summed E-state index contributed by atoms with van der Waals surface area (Å²) < 4.78 is 41.3. The number of aromatic nitrogens is 1. The predicted octanol–water partition coefficient (Wildman–Crippen LogP) is 3.00. The lowest BCUT2D eigenvalue weighted by Gasteiger charge is -2.15. The van der Waals surface area contributed by atoms with Gasteiger partial charge in [0.2, 0.25) is 11.8 Å². The average molecular weight is 404 g/mol. The Balaban J connectivity index is 0.00000288. The number of rotatable bonds is 6. The molecule has 1 saturated carbocycles. The van der Waals surface area contributed by atoms with E-state index in [1.807, 2.05) is 0 Å². The molecule has 1 fully saturated rings. The van der Waals surface area contributed by atoms with Crippen molar-refractivity contribution < 1.29 is 22.7 Å². The summed E-state index contributed by atoms with van der Waals surface area (Å²) in [5, 5.41) is 2.69. The zero-order chi connectivity index (χ0) is 16.9. The van der Waals surface area contributed by atoms with Gasteiger partial charge in [-0.3, -0.25) is 4.79 Å². The minimum absolute atomic E-state index is 0. The van der Waals surface area contributed by atoms with Crippen LogP contribution in [-0.2, 0) is 11.3 Å². The third kappa shape index (κ3) is 8.11. The van der Waals surface area contributed by atoms with E-state index in [1.54, 1.807) is 12.1 Å². The van der Waals surface area contributed by atoms with Gasteiger partial charge in [-0.15, -0.1) is 24.8 Å². The van der Waals surface area contributed by atoms with Gasteiger partial charge in [0.05, 0.1) is 0 Å². The highest BCUT2D eigenvalue weighted by Crippen LogP contribution is 2.26. The lowest BCUT2D eigenvalue weighted by molar-refractivity contribution is -0.154. The maximum absolute atomic E-state index is 12.2. The molecule has 3 N–H and O–H groups in total. The Hall–Kier alpha value is -1.25. The largest absolute Gasteiger partial charge is 0.468 e. The summed E-state index contributed by atoms with van der Waals surface area (Å²) in [6.45, 7) is -1.34. The number of nitrogens with zero attached hydrogens (tertiary/aromatic N) is 1. The van der Waals surface area contributed by atoms with Crippen LogP contribution in [0.15, 0.2) is 18.3 Å². The summed E-state index contributed by atoms with van der Waals surface area (Å²) in [7, 11) is 0. The van der Waals surface area contributed by atoms with Crippen molar-refractivity contribution in [3.63, 3.8) is 0 Å². The maximum Gasteiger partial charge on any atom is 0.422 e. The van der Waals surface area contributed by atoms with Gasteiger partial charge in [-0.05, 0) is 24.8 Å². The topological polar surface area (TPSA) is 77.2 Å². The molecule has 0 bridgehead atoms. The molecule has 5 nitrogen and oxygen atoms in total. The van der Waals surface area contributed by atoms with Gasteiger partial charge < -0.3 is 15.8 Å². The fourth-order valence-electron chi connectivity index (χ4n) is 2.66. The van der Waals surface area contributed by atoms with Gasteiger partial charge in [-0.1, -0.05) is 12.5 Å². The Kier molecular flexibility index (Phi) is 10.1. The van der Waals surface area contributed by atoms with Gasteiger partial charge in [0.15, 0.2) is 6.61 Å². The van der Waals surface area contributed by atoms with Crippen molar-refractivity contribution in [2.45, 2.75) is 44.4 Å². The molecule has 0 spiro atoms. The van der Waals surface area contributed by atoms with Gasteiger partial charge in [0, 0.05) is 30.8 Å². The predicted molar refractivity (Wildman–Crippen MR) is 92.1 cm³/mol. The van der Waals surface area contributed by atoms with Crippen molar-refractivity contribution in [1.82, 2.24) is 10.3 Å². The second-order valence-corrected chi connectivity index (χ2v) is 5.71. The van der Waals surface area contributed by atoms with E-state index < -0.39 is 12.8 Å². The van der Waals surface area contributed by atoms with Gasteiger partial charge in [0.25, 0.3) is 0 Å². The van der Waals surface area contributed by atoms with E-state index in [1.165, 1.54) is 6.20 Å². The number of halogens is 5. The molecule has 1 aromatic rings. The van der Waals surface area contributed by atoms with Crippen LogP contribution in [0.5, 0.6) is 5.88 Å². The molecule has 25 heavy (non-hydrogen) atoms. The van der Waals surface area contributed by atoms with E-state index in [2.05, 4.69) is 15.0 Å². The Morgan fingerprint density at radius 3 is 2.68 bits per heavy atom. The lowest BCUT2D eigenvalue weighted by atomic mass is 10.00. The standard InChI is InChI=1S/C15H20F3N3O2.2ClH/c16-15(17,18)9-23-14-11(4-2-6-20-14)8-21-13(22)7-10-3-1-5-12(10)19;;/h2,4,6,10,12H,1,3,5,7-9,19H2,(H,21,22);2*1H/t10-,12+;;/m0../s1. The molecule has 144 valence electrons. The van der Waals surface area contributed by atoms with Crippen LogP contribution in [0, 0.1) is 5.92 Å². The normalized spacial score (nSPS) is 19.5. The first-order valence-electron chi connectivity index (χ1n) is 7.51. The molecule has 0 saturated heterocycles. The van der Waals surface area contributed by atoms with Gasteiger partial charge >= 0.3 is 6.18 Å². The Labute approximate surface area is 156 Å². The van der Waals surface area contributed by atoms with Gasteiger partial charge in [0.1, 0.15) is 0 Å². The molecule has 1 heterocycles. The van der Waals surface area contributed by atoms with E-state index in [9.17, 15) is 18.0 Å². The number of amides is 1. The minimum atomic E-state index is -4.43. The van der Waals surface area contributed by atoms with E-state index >= 15 is 0 Å². The number of pyridine rings is 1. The van der Waals surface area contributed by atoms with Gasteiger partial charge in [-0.25, -0.2) is 4.98 Å². The van der Waals surface area contributed by atoms with Crippen LogP contribution in [0.1, 0.15) is 31.2 Å². The summed E-state index contributed by atoms with van der Waals surface area (Å²) in [5.41, 5.74) is 6.33. The van der Waals surface area contributed by atoms with Crippen LogP contribution in [0.4, 0.5) is 13.2 Å². The molecule has 1 aromatic heterocycles. The number of ether oxygens (including phenoxy) is 1. The molecular formula is C15H22Cl2F3N3O2. The van der Waals surface area contributed by atoms with E-state index in [0.29, 0.717) is 12.0 Å². The van der Waals surface area contributed by atoms with Crippen LogP contribution in [-0.4, -0.2) is 29.7 Å². The third-order valence-corrected chi connectivity index (χ3v) is 3.86. The Bertz CT molecular complexity index is 547. The quantitative estimate of drug-likeness (QED) is 0.765. The van der Waals surface area contributed by atoms with Crippen molar-refractivity contribution in [2.75, 3.05) is 6.61 Å². The molecule has 0 aliphatic heterocycles. The van der Waals surface area contributed by atoms with E-state index in [0.717, 1.165) is 19.3 Å². The Morgan fingerprint density at radius 1 is 1.36 bits per heavy atom. The number of nitrogens with one attached hydrogen (secondary N) is 1. The summed E-state index contributed by atoms with van der Waals surface area (Å²) in [6.07, 6.45) is 0.125. The molecule has 2 rings (SSSR count). The number of nitrogens with two attached hydrogens (primary N) is 1. The minimum Gasteiger partial charge on any atom is -0.468 e. The van der Waals surface area contributed by atoms with Crippen LogP contribution in [0.3, 0.4) is 0 Å². The molecule has 0 unspecified atom stereocenters. The number of carbonyl (C=O) groups excluding carboxylic acids is 1. The molecule has 0 radical (unpaired) electrons. The van der Waals surface area contributed by atoms with Crippen LogP contribution in [0.2, 0.25) is 0 Å². The fraction of sp³-hybridized carbons (Fsp3) is 0.600. The molecular weight excluding hydrogens is 382 g/mol. The highest BCUT2D eigenvalue weighted by atomic mass is 35.5. The molecule has 1 amide bonds. The zero-order valence-electron chi connectivity index (χ0n) is 13.4. The second kappa shape index (κ2) is 10.7. The second-order valence-electron chi connectivity index (χ2n) is 5.71. The smallest absolute Gasteiger partial charge is 0.422 e. The lowest BCUT2D eigenvalue weighted by Crippen LogP contribution is -2.31. The first-order valence-corrected chi connectivity index (χ1v) is 7.51. The fourth-order valence-corrected chi connectivity index (χ4v) is 2.66. The first-order chi connectivity index (χ1) is 10.8. The highest BCUT2D eigenvalue weighted by molar-refractivity contribution is 5.85. The van der Waals surface area contributed by atoms with Crippen molar-refractivity contribution in [3.8, 4) is 5.88 Å². The van der Waals surface area contributed by atoms with Gasteiger partial charge in [-0.2, -0.15) is 13.2 Å².